The van der Waals surface area contributed by atoms with Gasteiger partial charge >= 0.3 is 6.18 Å². The summed E-state index contributed by atoms with van der Waals surface area (Å²) in [6.07, 6.45) is -2.81. The molecule has 148 valence electrons. The number of amides is 1. The Morgan fingerprint density at radius 1 is 1.25 bits per heavy atom. The molecule has 0 radical (unpaired) electrons. The average molecular weight is 445 g/mol. The second kappa shape index (κ2) is 7.57. The number of thiocarbonyl (C=S) groups is 1. The van der Waals surface area contributed by atoms with E-state index in [9.17, 15) is 18.0 Å². The molecule has 2 aromatic rings. The first-order valence-electron chi connectivity index (χ1n) is 8.36. The Bertz CT molecular complexity index is 1010. The van der Waals surface area contributed by atoms with Crippen molar-refractivity contribution in [1.82, 2.24) is 9.47 Å². The van der Waals surface area contributed by atoms with E-state index in [-0.39, 0.29) is 10.9 Å². The van der Waals surface area contributed by atoms with E-state index in [1.54, 1.807) is 24.5 Å². The number of likely N-dealkylation sites (N-methyl/N-ethyl adjacent to an activating group) is 1. The van der Waals surface area contributed by atoms with Gasteiger partial charge in [0, 0.05) is 23.6 Å². The number of aromatic nitrogens is 1. The third kappa shape index (κ3) is 3.73. The van der Waals surface area contributed by atoms with Crippen molar-refractivity contribution >= 4 is 51.9 Å². The highest BCUT2D eigenvalue weighted by Crippen LogP contribution is 2.37. The van der Waals surface area contributed by atoms with Crippen LogP contribution in [0.15, 0.2) is 29.2 Å². The number of carbonyl (C=O) groups excluding carboxylic acids is 1. The van der Waals surface area contributed by atoms with Crippen molar-refractivity contribution in [2.24, 2.45) is 0 Å². The summed E-state index contributed by atoms with van der Waals surface area (Å²) in [5, 5.41) is -0.345. The third-order valence-corrected chi connectivity index (χ3v) is 6.17. The molecule has 0 atom stereocenters. The van der Waals surface area contributed by atoms with Crippen LogP contribution in [0.3, 0.4) is 0 Å². The predicted molar refractivity (Wildman–Crippen MR) is 111 cm³/mol. The van der Waals surface area contributed by atoms with E-state index >= 15 is 0 Å². The number of aryl methyl sites for hydroxylation is 1. The number of carbonyl (C=O) groups is 1. The van der Waals surface area contributed by atoms with Crippen molar-refractivity contribution in [3.8, 4) is 5.69 Å². The molecule has 0 saturated carbocycles. The zero-order valence-electron chi connectivity index (χ0n) is 15.2. The predicted octanol–water partition coefficient (Wildman–Crippen LogP) is 5.99. The fourth-order valence-electron chi connectivity index (χ4n) is 3.11. The van der Waals surface area contributed by atoms with Crippen LogP contribution < -0.4 is 0 Å². The van der Waals surface area contributed by atoms with Crippen molar-refractivity contribution in [3.05, 3.63) is 56.7 Å². The lowest BCUT2D eigenvalue weighted by atomic mass is 10.2. The smallest absolute Gasteiger partial charge is 0.318 e. The first kappa shape index (κ1) is 21.0. The maximum atomic E-state index is 13.2. The molecule has 1 fully saturated rings. The zero-order valence-corrected chi connectivity index (χ0v) is 17.6. The number of hydrogen-bond donors (Lipinski definition) is 0. The highest BCUT2D eigenvalue weighted by Gasteiger charge is 2.34. The lowest BCUT2D eigenvalue weighted by Crippen LogP contribution is -2.27. The monoisotopic (exact) mass is 444 g/mol. The Balaban J connectivity index is 2.06. The molecule has 0 aliphatic carbocycles. The van der Waals surface area contributed by atoms with Crippen LogP contribution >= 0.6 is 35.6 Å². The summed E-state index contributed by atoms with van der Waals surface area (Å²) in [5.74, 6) is -0.159. The summed E-state index contributed by atoms with van der Waals surface area (Å²) in [6, 6.07) is 5.64. The molecule has 1 aliphatic rings. The molecule has 1 aliphatic heterocycles. The maximum Gasteiger partial charge on any atom is 0.417 e. The van der Waals surface area contributed by atoms with E-state index in [0.29, 0.717) is 21.5 Å². The molecule has 1 aromatic heterocycles. The van der Waals surface area contributed by atoms with E-state index in [1.807, 2.05) is 13.0 Å². The maximum absolute atomic E-state index is 13.2. The second-order valence-corrected chi connectivity index (χ2v) is 8.33. The highest BCUT2D eigenvalue weighted by molar-refractivity contribution is 8.26. The Labute approximate surface area is 175 Å². The van der Waals surface area contributed by atoms with Crippen LogP contribution in [0.4, 0.5) is 13.2 Å². The number of benzene rings is 1. The van der Waals surface area contributed by atoms with Crippen LogP contribution in [0, 0.1) is 13.8 Å². The van der Waals surface area contributed by atoms with Crippen molar-refractivity contribution in [2.45, 2.75) is 26.9 Å². The molecule has 1 amide bonds. The fraction of sp³-hybridized carbons (Fsp3) is 0.263. The number of rotatable bonds is 3. The number of nitrogens with zero attached hydrogens (tertiary/aromatic N) is 2. The van der Waals surface area contributed by atoms with Crippen LogP contribution in [0.5, 0.6) is 0 Å². The Hall–Kier alpha value is -1.77. The minimum Gasteiger partial charge on any atom is -0.318 e. The quantitative estimate of drug-likeness (QED) is 0.429. The van der Waals surface area contributed by atoms with Crippen molar-refractivity contribution in [2.75, 3.05) is 6.54 Å². The summed E-state index contributed by atoms with van der Waals surface area (Å²) in [4.78, 5) is 14.4. The van der Waals surface area contributed by atoms with Crippen LogP contribution in [0.1, 0.15) is 29.4 Å². The number of hydrogen-bond acceptors (Lipinski definition) is 3. The van der Waals surface area contributed by atoms with Crippen LogP contribution in [-0.4, -0.2) is 26.2 Å². The van der Waals surface area contributed by atoms with Crippen molar-refractivity contribution < 1.29 is 18.0 Å². The zero-order chi connectivity index (χ0) is 20.8. The van der Waals surface area contributed by atoms with Gasteiger partial charge in [0.2, 0.25) is 0 Å². The van der Waals surface area contributed by atoms with Gasteiger partial charge in [-0.1, -0.05) is 35.6 Å². The summed E-state index contributed by atoms with van der Waals surface area (Å²) in [6.45, 7) is 5.93. The molecule has 3 nitrogen and oxygen atoms in total. The average Bonchev–Trinajstić information content (AvgIpc) is 3.03. The van der Waals surface area contributed by atoms with Gasteiger partial charge in [0.25, 0.3) is 5.91 Å². The topological polar surface area (TPSA) is 25.2 Å². The molecule has 9 heteroatoms. The van der Waals surface area contributed by atoms with E-state index in [0.717, 1.165) is 23.0 Å². The number of alkyl halides is 3. The van der Waals surface area contributed by atoms with E-state index in [1.165, 1.54) is 28.8 Å². The molecule has 0 bridgehead atoms. The Morgan fingerprint density at radius 2 is 1.93 bits per heavy atom. The summed E-state index contributed by atoms with van der Waals surface area (Å²) < 4.78 is 41.8. The minimum absolute atomic E-state index is 0.159. The first-order chi connectivity index (χ1) is 13.0. The number of halogens is 4. The summed E-state index contributed by atoms with van der Waals surface area (Å²) in [7, 11) is 0. The van der Waals surface area contributed by atoms with E-state index in [4.69, 9.17) is 23.8 Å². The fourth-order valence-corrected chi connectivity index (χ4v) is 4.71. The molecule has 0 spiro atoms. The minimum atomic E-state index is -4.54. The molecule has 0 unspecified atom stereocenters. The van der Waals surface area contributed by atoms with E-state index in [2.05, 4.69) is 0 Å². The van der Waals surface area contributed by atoms with Crippen molar-refractivity contribution in [3.63, 3.8) is 0 Å². The standard InChI is InChI=1S/C19H16ClF3N2OS2/c1-4-24-17(26)16(28-18(24)27)8-12-7-10(2)25(11(12)3)13-5-6-15(20)14(9-13)19(21,22)23/h5-9H,4H2,1-3H3. The second-order valence-electron chi connectivity index (χ2n) is 6.25. The Morgan fingerprint density at radius 3 is 2.50 bits per heavy atom. The SMILES string of the molecule is CCN1C(=O)C(=Cc2cc(C)n(-c3ccc(Cl)c(C(F)(F)F)c3)c2C)SC1=S. The van der Waals surface area contributed by atoms with Gasteiger partial charge in [0.15, 0.2) is 0 Å². The van der Waals surface area contributed by atoms with Crippen LogP contribution in [-0.2, 0) is 11.0 Å². The lowest BCUT2D eigenvalue weighted by molar-refractivity contribution is -0.137. The van der Waals surface area contributed by atoms with Gasteiger partial charge < -0.3 is 4.57 Å². The van der Waals surface area contributed by atoms with Gasteiger partial charge in [0.1, 0.15) is 4.32 Å². The lowest BCUT2D eigenvalue weighted by Gasteiger charge is -2.14. The van der Waals surface area contributed by atoms with Crippen LogP contribution in [0.2, 0.25) is 5.02 Å². The normalized spacial score (nSPS) is 16.5. The molecule has 1 saturated heterocycles. The van der Waals surface area contributed by atoms with Crippen molar-refractivity contribution in [1.29, 1.82) is 0 Å². The van der Waals surface area contributed by atoms with Gasteiger partial charge in [-0.3, -0.25) is 9.69 Å². The largest absolute Gasteiger partial charge is 0.417 e. The van der Waals surface area contributed by atoms with Gasteiger partial charge in [-0.15, -0.1) is 0 Å². The van der Waals surface area contributed by atoms with Gasteiger partial charge in [-0.25, -0.2) is 0 Å². The molecule has 28 heavy (non-hydrogen) atoms. The highest BCUT2D eigenvalue weighted by atomic mass is 35.5. The summed E-state index contributed by atoms with van der Waals surface area (Å²) >= 11 is 12.2. The van der Waals surface area contributed by atoms with E-state index < -0.39 is 11.7 Å². The molecule has 3 rings (SSSR count). The van der Waals surface area contributed by atoms with Gasteiger partial charge in [-0.05, 0) is 56.7 Å². The molecule has 0 N–H and O–H groups in total. The Kier molecular flexibility index (Phi) is 5.67. The molecule has 2 heterocycles. The van der Waals surface area contributed by atoms with Gasteiger partial charge in [-0.2, -0.15) is 13.2 Å². The third-order valence-electron chi connectivity index (χ3n) is 4.46. The molecule has 1 aromatic carbocycles. The van der Waals surface area contributed by atoms with Crippen LogP contribution in [0.25, 0.3) is 11.8 Å². The molecular formula is C19H16ClF3N2OS2. The first-order valence-corrected chi connectivity index (χ1v) is 9.96. The summed E-state index contributed by atoms with van der Waals surface area (Å²) in [5.41, 5.74) is 1.68. The molecular weight excluding hydrogens is 429 g/mol. The van der Waals surface area contributed by atoms with Gasteiger partial charge in [0.05, 0.1) is 15.5 Å². The number of thioether (sulfide) groups is 1.